The van der Waals surface area contributed by atoms with Crippen molar-refractivity contribution >= 4 is 43.3 Å². The minimum atomic E-state index is -0.578. The van der Waals surface area contributed by atoms with Gasteiger partial charge in [0.25, 0.3) is 5.69 Å². The Morgan fingerprint density at radius 2 is 1.55 bits per heavy atom. The van der Waals surface area contributed by atoms with Gasteiger partial charge in [-0.3, -0.25) is 14.9 Å². The smallest absolute Gasteiger partial charge is 0.269 e. The Morgan fingerprint density at radius 3 is 2.21 bits per heavy atom. The Balaban J connectivity index is 1.76. The van der Waals surface area contributed by atoms with E-state index in [0.717, 1.165) is 11.1 Å². The number of ketones is 1. The van der Waals surface area contributed by atoms with Crippen LogP contribution < -0.4 is 4.74 Å². The highest BCUT2D eigenvalue weighted by Crippen LogP contribution is 2.35. The zero-order valence-corrected chi connectivity index (χ0v) is 18.4. The van der Waals surface area contributed by atoms with Crippen LogP contribution in [0.5, 0.6) is 5.75 Å². The Kier molecular flexibility index (Phi) is 7.17. The number of ether oxygens (including phenoxy) is 1. The Hall–Kier alpha value is -2.51. The molecule has 0 aliphatic rings. The third-order valence-corrected chi connectivity index (χ3v) is 7.03. The van der Waals surface area contributed by atoms with E-state index in [2.05, 4.69) is 31.9 Å². The number of para-hydroxylation sites is 1. The zero-order valence-electron chi connectivity index (χ0n) is 15.2. The molecule has 0 fully saturated rings. The van der Waals surface area contributed by atoms with Crippen molar-refractivity contribution in [3.05, 3.63) is 106 Å². The first-order valence-electron chi connectivity index (χ1n) is 8.80. The highest BCUT2D eigenvalue weighted by atomic mass is 79.9. The normalized spacial score (nSPS) is 12.8. The summed E-state index contributed by atoms with van der Waals surface area (Å²) in [4.78, 5) is 22.5. The molecule has 3 aromatic carbocycles. The second-order valence-electron chi connectivity index (χ2n) is 6.29. The van der Waals surface area contributed by atoms with Gasteiger partial charge < -0.3 is 4.74 Å². The number of hydrogen-bond donors (Lipinski definition) is 0. The van der Waals surface area contributed by atoms with Gasteiger partial charge in [-0.1, -0.05) is 86.5 Å². The Labute approximate surface area is 185 Å². The van der Waals surface area contributed by atoms with Crippen LogP contribution in [0.1, 0.15) is 26.3 Å². The number of carbonyl (C=O) groups is 1. The molecular formula is C22H17Br2NO4. The third-order valence-electron chi connectivity index (χ3n) is 4.32. The molecule has 0 aliphatic heterocycles. The summed E-state index contributed by atoms with van der Waals surface area (Å²) in [6.07, 6.45) is 0. The molecule has 29 heavy (non-hydrogen) atoms. The van der Waals surface area contributed by atoms with Crippen molar-refractivity contribution in [3.8, 4) is 5.75 Å². The van der Waals surface area contributed by atoms with Gasteiger partial charge in [0.05, 0.1) is 20.1 Å². The van der Waals surface area contributed by atoms with E-state index in [1.165, 1.54) is 12.1 Å². The highest BCUT2D eigenvalue weighted by Gasteiger charge is 2.28. The van der Waals surface area contributed by atoms with Gasteiger partial charge in [-0.15, -0.1) is 0 Å². The summed E-state index contributed by atoms with van der Waals surface area (Å²) >= 11 is 7.01. The molecular weight excluding hydrogens is 502 g/mol. The molecule has 0 N–H and O–H groups in total. The molecule has 0 saturated carbocycles. The van der Waals surface area contributed by atoms with Crippen LogP contribution in [-0.4, -0.2) is 15.5 Å². The summed E-state index contributed by atoms with van der Waals surface area (Å²) in [6, 6.07) is 22.9. The minimum Gasteiger partial charge on any atom is -0.488 e. The summed E-state index contributed by atoms with van der Waals surface area (Å²) < 4.78 is 5.89. The van der Waals surface area contributed by atoms with Crippen LogP contribution in [0.3, 0.4) is 0 Å². The second kappa shape index (κ2) is 9.80. The van der Waals surface area contributed by atoms with Crippen molar-refractivity contribution < 1.29 is 14.5 Å². The van der Waals surface area contributed by atoms with Gasteiger partial charge in [0, 0.05) is 12.1 Å². The molecule has 2 unspecified atom stereocenters. The van der Waals surface area contributed by atoms with Crippen molar-refractivity contribution in [2.24, 2.45) is 0 Å². The molecule has 2 atom stereocenters. The van der Waals surface area contributed by atoms with Crippen molar-refractivity contribution in [2.75, 3.05) is 0 Å². The average molecular weight is 519 g/mol. The molecule has 0 bridgehead atoms. The van der Waals surface area contributed by atoms with Crippen molar-refractivity contribution in [1.82, 2.24) is 0 Å². The fourth-order valence-electron chi connectivity index (χ4n) is 2.76. The van der Waals surface area contributed by atoms with Gasteiger partial charge in [-0.2, -0.15) is 0 Å². The van der Waals surface area contributed by atoms with E-state index in [0.29, 0.717) is 17.9 Å². The van der Waals surface area contributed by atoms with Crippen LogP contribution in [0.15, 0.2) is 78.9 Å². The number of hydrogen-bond acceptors (Lipinski definition) is 4. The van der Waals surface area contributed by atoms with Crippen LogP contribution in [0, 0.1) is 10.1 Å². The average Bonchev–Trinajstić information content (AvgIpc) is 2.77. The number of carbonyl (C=O) groups excluding carboxylic acids is 1. The molecule has 3 rings (SSSR count). The van der Waals surface area contributed by atoms with Crippen molar-refractivity contribution in [3.63, 3.8) is 0 Å². The largest absolute Gasteiger partial charge is 0.488 e. The summed E-state index contributed by atoms with van der Waals surface area (Å²) in [5.74, 6) is 0.364. The topological polar surface area (TPSA) is 69.4 Å². The number of non-ortho nitro benzene ring substituents is 1. The number of rotatable bonds is 8. The van der Waals surface area contributed by atoms with E-state index < -0.39 is 9.75 Å². The lowest BCUT2D eigenvalue weighted by atomic mass is 10.0. The molecule has 0 amide bonds. The predicted molar refractivity (Wildman–Crippen MR) is 119 cm³/mol. The standard InChI is InChI=1S/C22H17Br2NO4/c23-20(16-10-12-17(13-11-16)25(27)28)21(24)22(26)18-8-4-5-9-19(18)29-14-15-6-2-1-3-7-15/h1-13,20-21H,14H2. The fraction of sp³-hybridized carbons (Fsp3) is 0.136. The van der Waals surface area contributed by atoms with Crippen molar-refractivity contribution in [1.29, 1.82) is 0 Å². The lowest BCUT2D eigenvalue weighted by Crippen LogP contribution is -2.20. The summed E-state index contributed by atoms with van der Waals surface area (Å²) in [7, 11) is 0. The van der Waals surface area contributed by atoms with Gasteiger partial charge in [0.15, 0.2) is 5.78 Å². The summed E-state index contributed by atoms with van der Waals surface area (Å²) in [6.45, 7) is 0.359. The molecule has 0 saturated heterocycles. The number of halogens is 2. The minimum absolute atomic E-state index is 0.00514. The fourth-order valence-corrected chi connectivity index (χ4v) is 3.86. The van der Waals surface area contributed by atoms with Crippen molar-refractivity contribution in [2.45, 2.75) is 16.3 Å². The first kappa shape index (κ1) is 21.2. The maximum atomic E-state index is 13.1. The van der Waals surface area contributed by atoms with Gasteiger partial charge in [-0.05, 0) is 23.3 Å². The quantitative estimate of drug-likeness (QED) is 0.153. The number of nitro benzene ring substituents is 1. The predicted octanol–water partition coefficient (Wildman–Crippen LogP) is 6.26. The lowest BCUT2D eigenvalue weighted by Gasteiger charge is -2.18. The number of nitrogens with zero attached hydrogens (tertiary/aromatic N) is 1. The van der Waals surface area contributed by atoms with Crippen LogP contribution in [0.4, 0.5) is 5.69 Å². The van der Waals surface area contributed by atoms with E-state index in [4.69, 9.17) is 4.74 Å². The van der Waals surface area contributed by atoms with E-state index >= 15 is 0 Å². The molecule has 0 aromatic heterocycles. The molecule has 0 radical (unpaired) electrons. The summed E-state index contributed by atoms with van der Waals surface area (Å²) in [5.41, 5.74) is 2.24. The Morgan fingerprint density at radius 1 is 0.931 bits per heavy atom. The van der Waals surface area contributed by atoms with Crippen LogP contribution >= 0.6 is 31.9 Å². The van der Waals surface area contributed by atoms with Gasteiger partial charge in [-0.25, -0.2) is 0 Å². The number of Topliss-reactive ketones (excluding diaryl/α,β-unsaturated/α-hetero) is 1. The van der Waals surface area contributed by atoms with E-state index in [1.54, 1.807) is 30.3 Å². The van der Waals surface area contributed by atoms with Gasteiger partial charge in [0.2, 0.25) is 0 Å². The van der Waals surface area contributed by atoms with Crippen LogP contribution in [0.25, 0.3) is 0 Å². The van der Waals surface area contributed by atoms with E-state index in [9.17, 15) is 14.9 Å². The molecule has 0 heterocycles. The highest BCUT2D eigenvalue weighted by molar-refractivity contribution is 9.12. The third kappa shape index (κ3) is 5.31. The lowest BCUT2D eigenvalue weighted by molar-refractivity contribution is -0.384. The first-order valence-corrected chi connectivity index (χ1v) is 10.6. The number of benzene rings is 3. The first-order chi connectivity index (χ1) is 14.0. The SMILES string of the molecule is O=C(c1ccccc1OCc1ccccc1)C(Br)C(Br)c1ccc([N+](=O)[O-])cc1. The van der Waals surface area contributed by atoms with Crippen LogP contribution in [-0.2, 0) is 6.61 Å². The number of nitro groups is 1. The molecule has 0 aliphatic carbocycles. The van der Waals surface area contributed by atoms with Gasteiger partial charge in [0.1, 0.15) is 12.4 Å². The maximum absolute atomic E-state index is 13.1. The molecule has 5 nitrogen and oxygen atoms in total. The molecule has 7 heteroatoms. The van der Waals surface area contributed by atoms with E-state index in [1.807, 2.05) is 36.4 Å². The molecule has 0 spiro atoms. The zero-order chi connectivity index (χ0) is 20.8. The monoisotopic (exact) mass is 517 g/mol. The maximum Gasteiger partial charge on any atom is 0.269 e. The van der Waals surface area contributed by atoms with Gasteiger partial charge >= 0.3 is 0 Å². The van der Waals surface area contributed by atoms with Crippen LogP contribution in [0.2, 0.25) is 0 Å². The van der Waals surface area contributed by atoms with E-state index in [-0.39, 0.29) is 16.3 Å². The molecule has 148 valence electrons. The second-order valence-corrected chi connectivity index (χ2v) is 8.26. The molecule has 3 aromatic rings. The number of alkyl halides is 2. The Bertz CT molecular complexity index is 993. The summed E-state index contributed by atoms with van der Waals surface area (Å²) in [5, 5.41) is 10.8.